The number of rotatable bonds is 6. The smallest absolute Gasteiger partial charge is 0.326 e. The number of para-hydroxylation sites is 1. The average molecular weight is 298 g/mol. The first-order valence-electron chi connectivity index (χ1n) is 6.14. The molecule has 1 atom stereocenters. The summed E-state index contributed by atoms with van der Waals surface area (Å²) in [6, 6.07) is 3.05. The minimum atomic E-state index is -1.59. The molecule has 0 fully saturated rings. The molecule has 0 saturated carbocycles. The summed E-state index contributed by atoms with van der Waals surface area (Å²) in [5, 5.41) is 19.6. The number of urea groups is 1. The van der Waals surface area contributed by atoms with E-state index >= 15 is 0 Å². The quantitative estimate of drug-likeness (QED) is 0.733. The first-order chi connectivity index (χ1) is 9.86. The van der Waals surface area contributed by atoms with E-state index < -0.39 is 36.2 Å². The van der Waals surface area contributed by atoms with E-state index in [1.165, 1.54) is 18.2 Å². The van der Waals surface area contributed by atoms with Gasteiger partial charge in [0.2, 0.25) is 0 Å². The van der Waals surface area contributed by atoms with Crippen molar-refractivity contribution in [3.8, 4) is 0 Å². The third-order valence-corrected chi connectivity index (χ3v) is 2.68. The number of carboxylic acid groups (broad SMARTS) is 2. The first-order valence-corrected chi connectivity index (χ1v) is 6.14. The van der Waals surface area contributed by atoms with E-state index in [2.05, 4.69) is 5.32 Å². The molecule has 0 spiro atoms. The summed E-state index contributed by atoms with van der Waals surface area (Å²) in [6.45, 7) is 1.67. The van der Waals surface area contributed by atoms with Gasteiger partial charge in [-0.15, -0.1) is 0 Å². The minimum Gasteiger partial charge on any atom is -0.481 e. The number of hydrogen-bond donors (Lipinski definition) is 3. The van der Waals surface area contributed by atoms with Crippen LogP contribution in [0, 0.1) is 5.82 Å². The van der Waals surface area contributed by atoms with Gasteiger partial charge in [0.15, 0.2) is 0 Å². The van der Waals surface area contributed by atoms with Crippen LogP contribution in [0.5, 0.6) is 0 Å². The van der Waals surface area contributed by atoms with Crippen molar-refractivity contribution in [2.24, 2.45) is 0 Å². The Labute approximate surface area is 120 Å². The Kier molecular flexibility index (Phi) is 5.65. The van der Waals surface area contributed by atoms with Gasteiger partial charge >= 0.3 is 18.0 Å². The lowest BCUT2D eigenvalue weighted by Crippen LogP contribution is -2.49. The highest BCUT2D eigenvalue weighted by molar-refractivity contribution is 5.95. The molecule has 0 aliphatic rings. The van der Waals surface area contributed by atoms with Gasteiger partial charge < -0.3 is 15.5 Å². The molecular formula is C13H15FN2O5. The number of amides is 2. The van der Waals surface area contributed by atoms with Gasteiger partial charge in [-0.1, -0.05) is 12.1 Å². The summed E-state index contributed by atoms with van der Waals surface area (Å²) in [5.41, 5.74) is -0.0167. The lowest BCUT2D eigenvalue weighted by Gasteiger charge is -2.23. The van der Waals surface area contributed by atoms with Crippen molar-refractivity contribution in [1.82, 2.24) is 5.32 Å². The maximum absolute atomic E-state index is 13.7. The summed E-state index contributed by atoms with van der Waals surface area (Å²) in [5.74, 6) is -3.48. The second kappa shape index (κ2) is 7.22. The van der Waals surface area contributed by atoms with Crippen molar-refractivity contribution in [1.29, 1.82) is 0 Å². The van der Waals surface area contributed by atoms with E-state index in [1.807, 2.05) is 0 Å². The van der Waals surface area contributed by atoms with E-state index in [9.17, 15) is 18.8 Å². The number of hydrogen-bond acceptors (Lipinski definition) is 3. The van der Waals surface area contributed by atoms with Gasteiger partial charge in [-0.3, -0.25) is 9.69 Å². The molecule has 0 heterocycles. The van der Waals surface area contributed by atoms with Crippen LogP contribution in [0.2, 0.25) is 0 Å². The van der Waals surface area contributed by atoms with Gasteiger partial charge in [0, 0.05) is 6.54 Å². The molecule has 0 aliphatic heterocycles. The first kappa shape index (κ1) is 16.4. The number of aliphatic carboxylic acids is 2. The molecule has 8 heteroatoms. The van der Waals surface area contributed by atoms with Crippen LogP contribution < -0.4 is 10.2 Å². The highest BCUT2D eigenvalue weighted by Crippen LogP contribution is 2.18. The fourth-order valence-electron chi connectivity index (χ4n) is 1.70. The topological polar surface area (TPSA) is 107 Å². The van der Waals surface area contributed by atoms with Gasteiger partial charge in [-0.2, -0.15) is 0 Å². The summed E-state index contributed by atoms with van der Waals surface area (Å²) in [7, 11) is 0. The zero-order valence-electron chi connectivity index (χ0n) is 11.2. The SMILES string of the molecule is CCN(C(=O)N[C@@H](CC(=O)O)C(=O)O)c1ccccc1F. The predicted molar refractivity (Wildman–Crippen MR) is 71.6 cm³/mol. The molecule has 1 rings (SSSR count). The number of nitrogens with zero attached hydrogens (tertiary/aromatic N) is 1. The summed E-state index contributed by atoms with van der Waals surface area (Å²) >= 11 is 0. The fourth-order valence-corrected chi connectivity index (χ4v) is 1.70. The molecule has 2 amide bonds. The minimum absolute atomic E-state index is 0.0167. The molecule has 7 nitrogen and oxygen atoms in total. The molecule has 1 aromatic rings. The molecule has 1 aromatic carbocycles. The predicted octanol–water partition coefficient (Wildman–Crippen LogP) is 1.29. The Morgan fingerprint density at radius 3 is 2.38 bits per heavy atom. The van der Waals surface area contributed by atoms with Crippen LogP contribution in [0.25, 0.3) is 0 Å². The van der Waals surface area contributed by atoms with Crippen molar-refractivity contribution in [3.05, 3.63) is 30.1 Å². The zero-order chi connectivity index (χ0) is 16.0. The van der Waals surface area contributed by atoms with Crippen LogP contribution >= 0.6 is 0 Å². The van der Waals surface area contributed by atoms with E-state index in [0.717, 1.165) is 11.0 Å². The molecule has 0 aromatic heterocycles. The Bertz CT molecular complexity index is 549. The van der Waals surface area contributed by atoms with Crippen LogP contribution in [-0.4, -0.2) is 40.8 Å². The standard InChI is InChI=1S/C13H15FN2O5/c1-2-16(10-6-4-3-5-8(10)14)13(21)15-9(12(19)20)7-11(17)18/h3-6,9H,2,7H2,1H3,(H,15,21)(H,17,18)(H,19,20)/t9-/m0/s1. The third-order valence-electron chi connectivity index (χ3n) is 2.68. The van der Waals surface area contributed by atoms with Gasteiger partial charge in [-0.05, 0) is 19.1 Å². The Hall–Kier alpha value is -2.64. The lowest BCUT2D eigenvalue weighted by molar-refractivity contribution is -0.145. The molecule has 0 saturated heterocycles. The van der Waals surface area contributed by atoms with Crippen LogP contribution in [0.1, 0.15) is 13.3 Å². The van der Waals surface area contributed by atoms with E-state index in [0.29, 0.717) is 0 Å². The monoisotopic (exact) mass is 298 g/mol. The molecule has 114 valence electrons. The normalized spacial score (nSPS) is 11.5. The highest BCUT2D eigenvalue weighted by Gasteiger charge is 2.26. The van der Waals surface area contributed by atoms with Gasteiger partial charge in [0.05, 0.1) is 12.1 Å². The molecule has 0 aliphatic carbocycles. The maximum atomic E-state index is 13.7. The van der Waals surface area contributed by atoms with Crippen molar-refractivity contribution in [2.75, 3.05) is 11.4 Å². The number of halogens is 1. The number of carbonyl (C=O) groups is 3. The highest BCUT2D eigenvalue weighted by atomic mass is 19.1. The maximum Gasteiger partial charge on any atom is 0.326 e. The molecule has 0 bridgehead atoms. The molecular weight excluding hydrogens is 283 g/mol. The largest absolute Gasteiger partial charge is 0.481 e. The van der Waals surface area contributed by atoms with Crippen molar-refractivity contribution < 1.29 is 29.0 Å². The number of anilines is 1. The summed E-state index contributed by atoms with van der Waals surface area (Å²) in [4.78, 5) is 34.5. The van der Waals surface area contributed by atoms with Crippen LogP contribution in [0.3, 0.4) is 0 Å². The molecule has 21 heavy (non-hydrogen) atoms. The Morgan fingerprint density at radius 2 is 1.90 bits per heavy atom. The second-order valence-corrected chi connectivity index (χ2v) is 4.13. The third kappa shape index (κ3) is 4.44. The van der Waals surface area contributed by atoms with Crippen molar-refractivity contribution in [2.45, 2.75) is 19.4 Å². The van der Waals surface area contributed by atoms with Crippen LogP contribution in [-0.2, 0) is 9.59 Å². The zero-order valence-corrected chi connectivity index (χ0v) is 11.2. The van der Waals surface area contributed by atoms with Gasteiger partial charge in [0.25, 0.3) is 0 Å². The number of nitrogens with one attached hydrogen (secondary N) is 1. The average Bonchev–Trinajstić information content (AvgIpc) is 2.40. The number of carboxylic acids is 2. The van der Waals surface area contributed by atoms with E-state index in [1.54, 1.807) is 6.92 Å². The van der Waals surface area contributed by atoms with E-state index in [-0.39, 0.29) is 12.2 Å². The molecule has 0 radical (unpaired) electrons. The van der Waals surface area contributed by atoms with E-state index in [4.69, 9.17) is 10.2 Å². The van der Waals surface area contributed by atoms with Crippen molar-refractivity contribution in [3.63, 3.8) is 0 Å². The van der Waals surface area contributed by atoms with Crippen LogP contribution in [0.15, 0.2) is 24.3 Å². The lowest BCUT2D eigenvalue weighted by atomic mass is 10.2. The Morgan fingerprint density at radius 1 is 1.29 bits per heavy atom. The van der Waals surface area contributed by atoms with Gasteiger partial charge in [0.1, 0.15) is 11.9 Å². The summed E-state index contributed by atoms with van der Waals surface area (Å²) in [6.07, 6.45) is -0.768. The fraction of sp³-hybridized carbons (Fsp3) is 0.308. The molecule has 0 unspecified atom stereocenters. The number of carbonyl (C=O) groups excluding carboxylic acids is 1. The van der Waals surface area contributed by atoms with Crippen LogP contribution in [0.4, 0.5) is 14.9 Å². The van der Waals surface area contributed by atoms with Gasteiger partial charge in [-0.25, -0.2) is 14.0 Å². The Balaban J connectivity index is 2.91. The molecule has 3 N–H and O–H groups in total. The number of benzene rings is 1. The van der Waals surface area contributed by atoms with Crippen molar-refractivity contribution >= 4 is 23.7 Å². The second-order valence-electron chi connectivity index (χ2n) is 4.13. The summed E-state index contributed by atoms with van der Waals surface area (Å²) < 4.78 is 13.7.